The average Bonchev–Trinajstić information content (AvgIpc) is 2.47. The van der Waals surface area contributed by atoms with Crippen LogP contribution >= 0.6 is 0 Å². The Morgan fingerprint density at radius 3 is 2.45 bits per heavy atom. The molecule has 22 heavy (non-hydrogen) atoms. The summed E-state index contributed by atoms with van der Waals surface area (Å²) in [6.07, 6.45) is 1.73. The van der Waals surface area contributed by atoms with Gasteiger partial charge in [0.05, 0.1) is 12.2 Å². The second kappa shape index (κ2) is 6.60. The molecule has 0 atom stereocenters. The second-order valence-electron chi connectivity index (χ2n) is 6.40. The zero-order chi connectivity index (χ0) is 16.2. The van der Waals surface area contributed by atoms with Crippen LogP contribution in [0.15, 0.2) is 48.7 Å². The number of rotatable bonds is 3. The van der Waals surface area contributed by atoms with E-state index in [1.54, 1.807) is 18.1 Å². The molecule has 0 aliphatic heterocycles. The highest BCUT2D eigenvalue weighted by atomic mass is 16.2. The van der Waals surface area contributed by atoms with Gasteiger partial charge in [0.1, 0.15) is 0 Å². The Bertz CT molecular complexity index is 632. The molecular formula is C18H23N3O. The maximum Gasteiger partial charge on any atom is 0.321 e. The predicted molar refractivity (Wildman–Crippen MR) is 89.9 cm³/mol. The topological polar surface area (TPSA) is 45.2 Å². The van der Waals surface area contributed by atoms with Crippen LogP contribution in [-0.4, -0.2) is 23.0 Å². The van der Waals surface area contributed by atoms with Crippen LogP contribution in [0.5, 0.6) is 0 Å². The Morgan fingerprint density at radius 2 is 1.82 bits per heavy atom. The van der Waals surface area contributed by atoms with Crippen molar-refractivity contribution in [3.8, 4) is 0 Å². The molecule has 1 N–H and O–H groups in total. The molecular weight excluding hydrogens is 274 g/mol. The molecule has 2 rings (SSSR count). The molecule has 0 aliphatic carbocycles. The maximum absolute atomic E-state index is 12.4. The molecule has 0 saturated heterocycles. The zero-order valence-electron chi connectivity index (χ0n) is 13.6. The predicted octanol–water partition coefficient (Wildman–Crippen LogP) is 4.04. The number of para-hydroxylation sites is 1. The SMILES string of the molecule is CN(Cc1ccccn1)C(=O)Nc1ccccc1C(C)(C)C. The first-order valence-electron chi connectivity index (χ1n) is 7.39. The Morgan fingerprint density at radius 1 is 1.14 bits per heavy atom. The van der Waals surface area contributed by atoms with Gasteiger partial charge in [0.15, 0.2) is 0 Å². The molecule has 0 unspecified atom stereocenters. The van der Waals surface area contributed by atoms with E-state index in [1.165, 1.54) is 0 Å². The van der Waals surface area contributed by atoms with Crippen molar-refractivity contribution in [3.63, 3.8) is 0 Å². The number of anilines is 1. The van der Waals surface area contributed by atoms with Crippen molar-refractivity contribution in [1.29, 1.82) is 0 Å². The summed E-state index contributed by atoms with van der Waals surface area (Å²) < 4.78 is 0. The van der Waals surface area contributed by atoms with Crippen LogP contribution in [0.4, 0.5) is 10.5 Å². The van der Waals surface area contributed by atoms with Gasteiger partial charge in [0.2, 0.25) is 0 Å². The molecule has 0 saturated carbocycles. The number of carbonyl (C=O) groups excluding carboxylic acids is 1. The van der Waals surface area contributed by atoms with Gasteiger partial charge >= 0.3 is 6.03 Å². The van der Waals surface area contributed by atoms with Gasteiger partial charge in [-0.2, -0.15) is 0 Å². The van der Waals surface area contributed by atoms with Crippen LogP contribution in [0.1, 0.15) is 32.0 Å². The van der Waals surface area contributed by atoms with E-state index in [9.17, 15) is 4.79 Å². The fourth-order valence-corrected chi connectivity index (χ4v) is 2.26. The van der Waals surface area contributed by atoms with Crippen LogP contribution in [0.25, 0.3) is 0 Å². The molecule has 0 spiro atoms. The fourth-order valence-electron chi connectivity index (χ4n) is 2.26. The number of amides is 2. The van der Waals surface area contributed by atoms with Crippen molar-refractivity contribution in [2.75, 3.05) is 12.4 Å². The van der Waals surface area contributed by atoms with E-state index in [2.05, 4.69) is 31.1 Å². The molecule has 1 aromatic heterocycles. The number of nitrogens with zero attached hydrogens (tertiary/aromatic N) is 2. The number of urea groups is 1. The molecule has 2 amide bonds. The van der Waals surface area contributed by atoms with E-state index in [0.717, 1.165) is 16.9 Å². The summed E-state index contributed by atoms with van der Waals surface area (Å²) in [5.74, 6) is 0. The molecule has 4 nitrogen and oxygen atoms in total. The van der Waals surface area contributed by atoms with Gasteiger partial charge in [-0.15, -0.1) is 0 Å². The fraction of sp³-hybridized carbons (Fsp3) is 0.333. The number of carbonyl (C=O) groups is 1. The Labute approximate surface area is 132 Å². The zero-order valence-corrected chi connectivity index (χ0v) is 13.6. The summed E-state index contributed by atoms with van der Waals surface area (Å²) in [4.78, 5) is 18.3. The molecule has 0 aliphatic rings. The first kappa shape index (κ1) is 16.0. The van der Waals surface area contributed by atoms with Gasteiger partial charge in [0.25, 0.3) is 0 Å². The van der Waals surface area contributed by atoms with Gasteiger partial charge in [-0.25, -0.2) is 4.79 Å². The highest BCUT2D eigenvalue weighted by Crippen LogP contribution is 2.29. The molecule has 0 bridgehead atoms. The minimum Gasteiger partial charge on any atom is -0.322 e. The van der Waals surface area contributed by atoms with Gasteiger partial charge in [-0.1, -0.05) is 45.0 Å². The quantitative estimate of drug-likeness (QED) is 0.929. The summed E-state index contributed by atoms with van der Waals surface area (Å²) in [6.45, 7) is 6.88. The number of aromatic nitrogens is 1. The van der Waals surface area contributed by atoms with E-state index < -0.39 is 0 Å². The number of hydrogen-bond acceptors (Lipinski definition) is 2. The number of nitrogens with one attached hydrogen (secondary N) is 1. The van der Waals surface area contributed by atoms with Crippen molar-refractivity contribution < 1.29 is 4.79 Å². The van der Waals surface area contributed by atoms with Crippen molar-refractivity contribution in [1.82, 2.24) is 9.88 Å². The summed E-state index contributed by atoms with van der Waals surface area (Å²) in [5.41, 5.74) is 2.82. The summed E-state index contributed by atoms with van der Waals surface area (Å²) in [7, 11) is 1.77. The lowest BCUT2D eigenvalue weighted by molar-refractivity contribution is 0.220. The van der Waals surface area contributed by atoms with Gasteiger partial charge < -0.3 is 10.2 Å². The molecule has 0 fully saturated rings. The van der Waals surface area contributed by atoms with Crippen molar-refractivity contribution >= 4 is 11.7 Å². The lowest BCUT2D eigenvalue weighted by Gasteiger charge is -2.24. The third kappa shape index (κ3) is 4.07. The average molecular weight is 297 g/mol. The minimum absolute atomic E-state index is 0.0244. The van der Waals surface area contributed by atoms with Crippen LogP contribution < -0.4 is 5.32 Å². The van der Waals surface area contributed by atoms with Crippen molar-refractivity contribution in [3.05, 3.63) is 59.9 Å². The number of hydrogen-bond donors (Lipinski definition) is 1. The first-order chi connectivity index (χ1) is 10.4. The normalized spacial score (nSPS) is 11.1. The van der Waals surface area contributed by atoms with Gasteiger partial charge in [-0.05, 0) is 29.2 Å². The lowest BCUT2D eigenvalue weighted by Crippen LogP contribution is -2.32. The molecule has 4 heteroatoms. The standard InChI is InChI=1S/C18H23N3O/c1-18(2,3)15-10-5-6-11-16(15)20-17(22)21(4)13-14-9-7-8-12-19-14/h5-12H,13H2,1-4H3,(H,20,22). The molecule has 1 heterocycles. The smallest absolute Gasteiger partial charge is 0.321 e. The van der Waals surface area contributed by atoms with Crippen LogP contribution in [0, 0.1) is 0 Å². The number of pyridine rings is 1. The van der Waals surface area contributed by atoms with E-state index in [0.29, 0.717) is 6.54 Å². The van der Waals surface area contributed by atoms with Gasteiger partial charge in [-0.3, -0.25) is 4.98 Å². The highest BCUT2D eigenvalue weighted by molar-refractivity contribution is 5.90. The van der Waals surface area contributed by atoms with Crippen LogP contribution in [-0.2, 0) is 12.0 Å². The van der Waals surface area contributed by atoms with E-state index in [4.69, 9.17) is 0 Å². The summed E-state index contributed by atoms with van der Waals surface area (Å²) in [6, 6.07) is 13.5. The summed E-state index contributed by atoms with van der Waals surface area (Å²) in [5, 5.41) is 3.00. The number of benzene rings is 1. The van der Waals surface area contributed by atoms with Crippen LogP contribution in [0.3, 0.4) is 0 Å². The highest BCUT2D eigenvalue weighted by Gasteiger charge is 2.19. The molecule has 116 valence electrons. The molecule has 1 aromatic carbocycles. The molecule has 0 radical (unpaired) electrons. The Hall–Kier alpha value is -2.36. The second-order valence-corrected chi connectivity index (χ2v) is 6.40. The monoisotopic (exact) mass is 297 g/mol. The first-order valence-corrected chi connectivity index (χ1v) is 7.39. The van der Waals surface area contributed by atoms with Crippen molar-refractivity contribution in [2.45, 2.75) is 32.7 Å². The van der Waals surface area contributed by atoms with Crippen molar-refractivity contribution in [2.24, 2.45) is 0 Å². The largest absolute Gasteiger partial charge is 0.322 e. The lowest BCUT2D eigenvalue weighted by atomic mass is 9.86. The van der Waals surface area contributed by atoms with Gasteiger partial charge in [0, 0.05) is 18.9 Å². The van der Waals surface area contributed by atoms with E-state index in [-0.39, 0.29) is 11.4 Å². The maximum atomic E-state index is 12.4. The summed E-state index contributed by atoms with van der Waals surface area (Å²) >= 11 is 0. The van der Waals surface area contributed by atoms with E-state index in [1.807, 2.05) is 42.5 Å². The third-order valence-electron chi connectivity index (χ3n) is 3.45. The Balaban J connectivity index is 2.09. The van der Waals surface area contributed by atoms with Crippen LogP contribution in [0.2, 0.25) is 0 Å². The Kier molecular flexibility index (Phi) is 4.81. The third-order valence-corrected chi connectivity index (χ3v) is 3.45. The molecule has 2 aromatic rings. The van der Waals surface area contributed by atoms with E-state index >= 15 is 0 Å². The minimum atomic E-state index is -0.137.